The molecule has 6 aromatic carbocycles. The Hall–Kier alpha value is -8.66. The third-order valence-corrected chi connectivity index (χ3v) is 11.5. The van der Waals surface area contributed by atoms with Crippen molar-refractivity contribution in [3.05, 3.63) is 175 Å². The van der Waals surface area contributed by atoms with E-state index in [2.05, 4.69) is 134 Å². The summed E-state index contributed by atoms with van der Waals surface area (Å²) < 4.78 is 79.9. The first-order chi connectivity index (χ1) is 46.6. The molecular weight excluding hydrogens is 1520 g/mol. The molecule has 0 atom stereocenters. The monoisotopic (exact) mass is 1620 g/mol. The summed E-state index contributed by atoms with van der Waals surface area (Å²) in [6, 6.07) is 44.6. The number of benzene rings is 6. The van der Waals surface area contributed by atoms with E-state index in [1.54, 1.807) is 57.2 Å². The van der Waals surface area contributed by atoms with Crippen LogP contribution in [-0.4, -0.2) is 117 Å². The van der Waals surface area contributed by atoms with Crippen LogP contribution in [0.2, 0.25) is 0 Å². The van der Waals surface area contributed by atoms with E-state index >= 15 is 0 Å². The van der Waals surface area contributed by atoms with Crippen LogP contribution in [0.5, 0.6) is 0 Å². The number of aliphatic hydroxyl groups excluding tert-OH is 4. The largest absolute Gasteiger partial charge is 0.523 e. The van der Waals surface area contributed by atoms with E-state index in [0.717, 1.165) is 55.5 Å². The number of halogens is 5. The minimum atomic E-state index is -5.35. The van der Waals surface area contributed by atoms with Crippen LogP contribution < -0.4 is 33.6 Å². The molecule has 0 spiro atoms. The summed E-state index contributed by atoms with van der Waals surface area (Å²) >= 11 is 4.41. The zero-order chi connectivity index (χ0) is 76.1. The maximum atomic E-state index is 11.5. The average Bonchev–Trinajstić information content (AvgIpc) is 0.854. The van der Waals surface area contributed by atoms with Crippen LogP contribution in [0, 0.1) is 79.2 Å². The molecule has 0 unspecified atom stereocenters. The number of amides is 2. The van der Waals surface area contributed by atoms with Gasteiger partial charge in [0.1, 0.15) is 50.8 Å². The molecule has 0 aliphatic heterocycles. The smallest absolute Gasteiger partial charge is 0.444 e. The molecule has 2 amide bonds. The molecule has 0 saturated carbocycles. The van der Waals surface area contributed by atoms with Crippen molar-refractivity contribution in [1.82, 2.24) is 0 Å². The lowest BCUT2D eigenvalue weighted by Crippen LogP contribution is -2.27. The number of anilines is 6. The number of alkyl halides is 3. The van der Waals surface area contributed by atoms with Gasteiger partial charge in [-0.15, -0.1) is 12.8 Å². The van der Waals surface area contributed by atoms with E-state index in [1.807, 2.05) is 156 Å². The summed E-state index contributed by atoms with van der Waals surface area (Å²) in [5, 5.41) is 37.6. The molecule has 6 rings (SSSR count). The molecular formula is C74H93F3I2N6O13S. The zero-order valence-corrected chi connectivity index (χ0v) is 62.8. The fourth-order valence-corrected chi connectivity index (χ4v) is 7.08. The summed E-state index contributed by atoms with van der Waals surface area (Å²) in [5.74, 6) is 26.3. The Bertz CT molecular complexity index is 3600. The van der Waals surface area contributed by atoms with Gasteiger partial charge in [-0.05, 0) is 217 Å². The average molecular weight is 1620 g/mol. The fraction of sp³-hybridized carbons (Fsp3) is 0.324. The van der Waals surface area contributed by atoms with Gasteiger partial charge in [0.15, 0.2) is 0 Å². The number of hydrogen-bond donors (Lipinski definition) is 10. The Morgan fingerprint density at radius 1 is 0.475 bits per heavy atom. The summed E-state index contributed by atoms with van der Waals surface area (Å²) in [5.41, 5.74) is 23.6. The molecule has 0 aromatic heterocycles. The summed E-state index contributed by atoms with van der Waals surface area (Å²) in [7, 11) is -5.35. The lowest BCUT2D eigenvalue weighted by Gasteiger charge is -2.19. The van der Waals surface area contributed by atoms with Gasteiger partial charge >= 0.3 is 27.8 Å². The van der Waals surface area contributed by atoms with E-state index < -0.39 is 45.6 Å². The highest BCUT2D eigenvalue weighted by Gasteiger charge is 2.47. The molecule has 0 aliphatic carbocycles. The van der Waals surface area contributed by atoms with Crippen LogP contribution in [0.3, 0.4) is 0 Å². The minimum Gasteiger partial charge on any atom is -0.444 e. The second kappa shape index (κ2) is 59.4. The number of terminal acetylenes is 2. The third-order valence-electron chi connectivity index (χ3n) is 9.07. The summed E-state index contributed by atoms with van der Waals surface area (Å²) in [6.45, 7) is 21.4. The normalized spacial score (nSPS) is 9.52. The Morgan fingerprint density at radius 2 is 0.768 bits per heavy atom. The molecule has 0 heterocycles. The standard InChI is InChI=1S/C14H17NO3.C11H14INO2.2C11H13NO.C9H9NO.C6H6IN.C3H5F3O3S.2C3H4O.C3H8/c1-14(2,3)18-13(17)15-12-8-4-6-11(10-12)7-5-9-16;1-11(2,3)15-10(14)13-9-6-4-5-8(12)7-9;2*1-2-13-8-4-6-10-5-3-7-11(12)9-10;10-9-5-1-3-8(7-9)4-2-6-11;7-5-2-1-3-6(8)4-5;1-2-9-10(7,8)3(4,5)6;2*1-2-3-4;1-3-2/h4,6,8,10,16H,9H2,1-3H3,(H,15,17);4-7H,1-3H3,(H,13,14);2*3,5,7,9H,2,8,12H2,1H3;1,3,5,7,11H,6,10H2;1-4H,8H2;2H2,1H3;2*1,4H,3H2;3H2,1-2H3. The van der Waals surface area contributed by atoms with E-state index in [-0.39, 0.29) is 26.4 Å². The van der Waals surface area contributed by atoms with Crippen LogP contribution in [0.4, 0.5) is 56.9 Å². The van der Waals surface area contributed by atoms with E-state index in [4.69, 9.17) is 62.3 Å². The van der Waals surface area contributed by atoms with E-state index in [1.165, 1.54) is 9.99 Å². The molecule has 538 valence electrons. The molecule has 19 nitrogen and oxygen atoms in total. The predicted octanol–water partition coefficient (Wildman–Crippen LogP) is 13.3. The van der Waals surface area contributed by atoms with Crippen molar-refractivity contribution in [1.29, 1.82) is 0 Å². The lowest BCUT2D eigenvalue weighted by molar-refractivity contribution is -0.0539. The molecule has 6 aromatic rings. The van der Waals surface area contributed by atoms with Gasteiger partial charge in [0.2, 0.25) is 0 Å². The van der Waals surface area contributed by atoms with Crippen LogP contribution in [0.15, 0.2) is 146 Å². The maximum Gasteiger partial charge on any atom is 0.523 e. The van der Waals surface area contributed by atoms with Gasteiger partial charge in [-0.3, -0.25) is 14.8 Å². The zero-order valence-electron chi connectivity index (χ0n) is 57.7. The molecule has 0 bridgehead atoms. The van der Waals surface area contributed by atoms with Crippen molar-refractivity contribution in [2.45, 2.75) is 99.3 Å². The van der Waals surface area contributed by atoms with Crippen molar-refractivity contribution in [3.8, 4) is 72.1 Å². The highest BCUT2D eigenvalue weighted by molar-refractivity contribution is 14.1. The highest BCUT2D eigenvalue weighted by atomic mass is 127. The number of nitrogens with two attached hydrogens (primary N) is 4. The molecule has 0 saturated heterocycles. The Labute approximate surface area is 611 Å². The Kier molecular flexibility index (Phi) is 58.0. The summed E-state index contributed by atoms with van der Waals surface area (Å²) in [6.07, 6.45) is 9.37. The summed E-state index contributed by atoms with van der Waals surface area (Å²) in [4.78, 5) is 22.9. The first-order valence-electron chi connectivity index (χ1n) is 29.9. The number of ether oxygens (including phenoxy) is 4. The second-order valence-electron chi connectivity index (χ2n) is 20.3. The number of rotatable bonds is 8. The Morgan fingerprint density at radius 3 is 1.02 bits per heavy atom. The van der Waals surface area contributed by atoms with Gasteiger partial charge in [-0.2, -0.15) is 21.6 Å². The number of nitrogen functional groups attached to an aromatic ring is 4. The number of carbonyl (C=O) groups is 2. The molecule has 25 heteroatoms. The van der Waals surface area contributed by atoms with Gasteiger partial charge in [-0.1, -0.05) is 116 Å². The Balaban J connectivity index is -0.000000523. The third kappa shape index (κ3) is 62.6. The van der Waals surface area contributed by atoms with Gasteiger partial charge in [0, 0.05) is 76.7 Å². The first-order valence-corrected chi connectivity index (χ1v) is 33.5. The van der Waals surface area contributed by atoms with Crippen LogP contribution in [-0.2, 0) is 33.2 Å². The number of carbonyl (C=O) groups excluding carboxylic acids is 2. The van der Waals surface area contributed by atoms with Crippen molar-refractivity contribution in [3.63, 3.8) is 0 Å². The molecule has 0 fully saturated rings. The van der Waals surface area contributed by atoms with Crippen LogP contribution in [0.25, 0.3) is 0 Å². The number of hydrogen-bond acceptors (Lipinski definition) is 17. The molecule has 99 heavy (non-hydrogen) atoms. The van der Waals surface area contributed by atoms with E-state index in [9.17, 15) is 31.2 Å². The first kappa shape index (κ1) is 96.7. The molecule has 0 aliphatic rings. The van der Waals surface area contributed by atoms with Crippen molar-refractivity contribution >= 4 is 102 Å². The van der Waals surface area contributed by atoms with Crippen LogP contribution >= 0.6 is 45.2 Å². The van der Waals surface area contributed by atoms with Crippen molar-refractivity contribution < 1.29 is 74.7 Å². The van der Waals surface area contributed by atoms with Gasteiger partial charge in [0.05, 0.1) is 6.61 Å². The van der Waals surface area contributed by atoms with Gasteiger partial charge < -0.3 is 62.3 Å². The van der Waals surface area contributed by atoms with Gasteiger partial charge in [0.25, 0.3) is 0 Å². The highest BCUT2D eigenvalue weighted by Crippen LogP contribution is 2.24. The van der Waals surface area contributed by atoms with Crippen molar-refractivity contribution in [2.75, 3.05) is 93.0 Å². The van der Waals surface area contributed by atoms with Gasteiger partial charge in [-0.25, -0.2) is 9.59 Å². The van der Waals surface area contributed by atoms with E-state index in [0.29, 0.717) is 37.8 Å². The SMILES string of the molecule is C#CCO.C#CCO.CC(C)(C)OC(=O)Nc1cccc(C#CCO)c1.CC(C)(C)OC(=O)Nc1cccc(I)c1.CCC.CCOCC#Cc1cccc(N)c1.CCOCC#Cc1cccc(N)c1.CCOS(=O)(=O)C(F)(F)F.Nc1cccc(C#CCO)c1.Nc1cccc(I)c1. The second-order valence-corrected chi connectivity index (χ2v) is 24.4. The van der Waals surface area contributed by atoms with Crippen molar-refractivity contribution in [2.24, 2.45) is 0 Å². The van der Waals surface area contributed by atoms with Crippen LogP contribution in [0.1, 0.15) is 105 Å². The predicted molar refractivity (Wildman–Crippen MR) is 411 cm³/mol. The minimum absolute atomic E-state index is 0.116. The molecule has 14 N–H and O–H groups in total. The topological polar surface area (TPSA) is 323 Å². The quantitative estimate of drug-likeness (QED) is 0.0169. The maximum absolute atomic E-state index is 11.5. The number of aliphatic hydroxyl groups is 4. The molecule has 0 radical (unpaired) electrons. The lowest BCUT2D eigenvalue weighted by atomic mass is 10.2. The fourth-order valence-electron chi connectivity index (χ4n) is 5.53. The number of nitrogens with one attached hydrogen (secondary N) is 2.